The van der Waals surface area contributed by atoms with Crippen LogP contribution in [0.4, 0.5) is 0 Å². The molecule has 0 radical (unpaired) electrons. The molecule has 2 rings (SSSR count). The highest BCUT2D eigenvalue weighted by molar-refractivity contribution is 7.89. The van der Waals surface area contributed by atoms with Gasteiger partial charge in [0.25, 0.3) is 0 Å². The van der Waals surface area contributed by atoms with Gasteiger partial charge in [-0.3, -0.25) is 0 Å². The molecule has 0 unspecified atom stereocenters. The van der Waals surface area contributed by atoms with E-state index in [4.69, 9.17) is 0 Å². The van der Waals surface area contributed by atoms with Crippen LogP contribution in [0, 0.1) is 0 Å². The molecule has 1 aromatic carbocycles. The average Bonchev–Trinajstić information content (AvgIpc) is 2.71. The van der Waals surface area contributed by atoms with Crippen molar-refractivity contribution in [3.05, 3.63) is 24.3 Å². The Morgan fingerprint density at radius 2 is 1.87 bits per heavy atom. The largest absolute Gasteiger partial charge is 0.508 e. The van der Waals surface area contributed by atoms with Gasteiger partial charge in [0.05, 0.1) is 4.90 Å². The molecule has 0 amide bonds. The van der Waals surface area contributed by atoms with Crippen molar-refractivity contribution in [1.82, 2.24) is 4.31 Å². The summed E-state index contributed by atoms with van der Waals surface area (Å²) in [6.45, 7) is 1.16. The summed E-state index contributed by atoms with van der Waals surface area (Å²) >= 11 is 0. The van der Waals surface area contributed by atoms with Crippen LogP contribution in [0.25, 0.3) is 0 Å². The van der Waals surface area contributed by atoms with Crippen molar-refractivity contribution >= 4 is 10.0 Å². The third kappa shape index (κ3) is 1.98. The zero-order valence-corrected chi connectivity index (χ0v) is 9.07. The van der Waals surface area contributed by atoms with Gasteiger partial charge >= 0.3 is 0 Å². The molecular formula is C10H13NO3S. The predicted molar refractivity (Wildman–Crippen MR) is 56.1 cm³/mol. The van der Waals surface area contributed by atoms with Crippen molar-refractivity contribution in [3.8, 4) is 5.75 Å². The number of phenols is 1. The summed E-state index contributed by atoms with van der Waals surface area (Å²) in [6.07, 6.45) is 1.83. The molecule has 0 aromatic heterocycles. The van der Waals surface area contributed by atoms with Crippen LogP contribution in [0.3, 0.4) is 0 Å². The van der Waals surface area contributed by atoms with Gasteiger partial charge in [-0.15, -0.1) is 0 Å². The van der Waals surface area contributed by atoms with Gasteiger partial charge in [-0.1, -0.05) is 6.07 Å². The molecule has 82 valence electrons. The molecular weight excluding hydrogens is 214 g/mol. The molecule has 1 fully saturated rings. The van der Waals surface area contributed by atoms with Gasteiger partial charge in [0.1, 0.15) is 5.75 Å². The highest BCUT2D eigenvalue weighted by Crippen LogP contribution is 2.23. The second kappa shape index (κ2) is 3.83. The van der Waals surface area contributed by atoms with E-state index in [0.29, 0.717) is 13.1 Å². The van der Waals surface area contributed by atoms with E-state index in [1.807, 2.05) is 0 Å². The van der Waals surface area contributed by atoms with Crippen molar-refractivity contribution in [2.75, 3.05) is 13.1 Å². The Balaban J connectivity index is 2.36. The zero-order valence-electron chi connectivity index (χ0n) is 8.26. The second-order valence-corrected chi connectivity index (χ2v) is 5.55. The first-order valence-electron chi connectivity index (χ1n) is 4.90. The number of benzene rings is 1. The maximum atomic E-state index is 12.0. The van der Waals surface area contributed by atoms with E-state index in [1.165, 1.54) is 28.6 Å². The molecule has 1 N–H and O–H groups in total. The van der Waals surface area contributed by atoms with Crippen molar-refractivity contribution in [1.29, 1.82) is 0 Å². The molecule has 5 heteroatoms. The van der Waals surface area contributed by atoms with E-state index >= 15 is 0 Å². The van der Waals surface area contributed by atoms with E-state index in [-0.39, 0.29) is 10.6 Å². The second-order valence-electron chi connectivity index (χ2n) is 3.61. The summed E-state index contributed by atoms with van der Waals surface area (Å²) in [7, 11) is -3.39. The highest BCUT2D eigenvalue weighted by Gasteiger charge is 2.27. The fourth-order valence-corrected chi connectivity index (χ4v) is 3.28. The van der Waals surface area contributed by atoms with Crippen molar-refractivity contribution in [2.45, 2.75) is 17.7 Å². The number of hydrogen-bond donors (Lipinski definition) is 1. The number of hydrogen-bond acceptors (Lipinski definition) is 3. The summed E-state index contributed by atoms with van der Waals surface area (Å²) in [5, 5.41) is 9.24. The Bertz CT molecular complexity index is 449. The Hall–Kier alpha value is -1.07. The SMILES string of the molecule is O=S(=O)(c1cccc(O)c1)N1CCCC1. The number of rotatable bonds is 2. The summed E-state index contributed by atoms with van der Waals surface area (Å²) in [5.74, 6) is -0.0183. The first-order chi connectivity index (χ1) is 7.10. The molecule has 0 saturated carbocycles. The van der Waals surface area contributed by atoms with Crippen LogP contribution in [-0.2, 0) is 10.0 Å². The Morgan fingerprint density at radius 1 is 1.20 bits per heavy atom. The van der Waals surface area contributed by atoms with E-state index in [1.54, 1.807) is 0 Å². The lowest BCUT2D eigenvalue weighted by atomic mass is 10.3. The van der Waals surface area contributed by atoms with E-state index < -0.39 is 10.0 Å². The van der Waals surface area contributed by atoms with Gasteiger partial charge < -0.3 is 5.11 Å². The standard InChI is InChI=1S/C10H13NO3S/c12-9-4-3-5-10(8-9)15(13,14)11-6-1-2-7-11/h3-5,8,12H,1-2,6-7H2. The molecule has 1 heterocycles. The van der Waals surface area contributed by atoms with E-state index in [0.717, 1.165) is 12.8 Å². The Labute approximate surface area is 89.2 Å². The smallest absolute Gasteiger partial charge is 0.243 e. The maximum absolute atomic E-state index is 12.0. The summed E-state index contributed by atoms with van der Waals surface area (Å²) < 4.78 is 25.5. The minimum atomic E-state index is -3.39. The third-order valence-corrected chi connectivity index (χ3v) is 4.42. The summed E-state index contributed by atoms with van der Waals surface area (Å²) in [5.41, 5.74) is 0. The van der Waals surface area contributed by atoms with Gasteiger partial charge in [-0.05, 0) is 31.0 Å². The number of sulfonamides is 1. The van der Waals surface area contributed by atoms with Crippen LogP contribution < -0.4 is 0 Å². The van der Waals surface area contributed by atoms with Crippen LogP contribution in [-0.4, -0.2) is 30.9 Å². The van der Waals surface area contributed by atoms with Crippen LogP contribution in [0.15, 0.2) is 29.2 Å². The molecule has 0 atom stereocenters. The maximum Gasteiger partial charge on any atom is 0.243 e. The lowest BCUT2D eigenvalue weighted by Gasteiger charge is -2.15. The number of aromatic hydroxyl groups is 1. The first kappa shape index (κ1) is 10.4. The summed E-state index contributed by atoms with van der Waals surface area (Å²) in [6, 6.07) is 5.79. The average molecular weight is 227 g/mol. The Kier molecular flexibility index (Phi) is 2.67. The quantitative estimate of drug-likeness (QED) is 0.825. The van der Waals surface area contributed by atoms with Gasteiger partial charge in [-0.2, -0.15) is 4.31 Å². The van der Waals surface area contributed by atoms with Crippen molar-refractivity contribution in [3.63, 3.8) is 0 Å². The number of phenolic OH excluding ortho intramolecular Hbond substituents is 1. The monoisotopic (exact) mass is 227 g/mol. The van der Waals surface area contributed by atoms with Crippen LogP contribution in [0.5, 0.6) is 5.75 Å². The normalized spacial score (nSPS) is 18.1. The lowest BCUT2D eigenvalue weighted by Crippen LogP contribution is -2.27. The molecule has 1 aliphatic heterocycles. The molecule has 0 spiro atoms. The minimum absolute atomic E-state index is 0.0183. The minimum Gasteiger partial charge on any atom is -0.508 e. The fourth-order valence-electron chi connectivity index (χ4n) is 1.72. The van der Waals surface area contributed by atoms with Gasteiger partial charge in [0, 0.05) is 13.1 Å². The van der Waals surface area contributed by atoms with Gasteiger partial charge in [0.15, 0.2) is 0 Å². The summed E-state index contributed by atoms with van der Waals surface area (Å²) in [4.78, 5) is 0.171. The van der Waals surface area contributed by atoms with Gasteiger partial charge in [0.2, 0.25) is 10.0 Å². The molecule has 0 aliphatic carbocycles. The molecule has 1 saturated heterocycles. The molecule has 4 nitrogen and oxygen atoms in total. The molecule has 15 heavy (non-hydrogen) atoms. The van der Waals surface area contributed by atoms with Crippen LogP contribution in [0.2, 0.25) is 0 Å². The van der Waals surface area contributed by atoms with Crippen molar-refractivity contribution < 1.29 is 13.5 Å². The van der Waals surface area contributed by atoms with E-state index in [2.05, 4.69) is 0 Å². The lowest BCUT2D eigenvalue weighted by molar-refractivity contribution is 0.465. The topological polar surface area (TPSA) is 57.6 Å². The first-order valence-corrected chi connectivity index (χ1v) is 6.34. The van der Waals surface area contributed by atoms with Crippen LogP contribution in [0.1, 0.15) is 12.8 Å². The predicted octanol–water partition coefficient (Wildman–Crippen LogP) is 1.18. The Morgan fingerprint density at radius 3 is 2.47 bits per heavy atom. The van der Waals surface area contributed by atoms with E-state index in [9.17, 15) is 13.5 Å². The highest BCUT2D eigenvalue weighted by atomic mass is 32.2. The zero-order chi connectivity index (χ0) is 10.9. The fraction of sp³-hybridized carbons (Fsp3) is 0.400. The van der Waals surface area contributed by atoms with Crippen molar-refractivity contribution in [2.24, 2.45) is 0 Å². The third-order valence-electron chi connectivity index (χ3n) is 2.52. The molecule has 0 bridgehead atoms. The van der Waals surface area contributed by atoms with Crippen LogP contribution >= 0.6 is 0 Å². The number of nitrogens with zero attached hydrogens (tertiary/aromatic N) is 1. The van der Waals surface area contributed by atoms with Gasteiger partial charge in [-0.25, -0.2) is 8.42 Å². The molecule has 1 aliphatic rings. The molecule has 1 aromatic rings.